The first-order chi connectivity index (χ1) is 13.3. The van der Waals surface area contributed by atoms with Gasteiger partial charge in [-0.2, -0.15) is 5.10 Å². The Morgan fingerprint density at radius 2 is 1.93 bits per heavy atom. The van der Waals surface area contributed by atoms with Crippen LogP contribution in [0.25, 0.3) is 0 Å². The zero-order valence-corrected chi connectivity index (χ0v) is 15.7. The molecule has 0 saturated carbocycles. The summed E-state index contributed by atoms with van der Waals surface area (Å²) in [6.45, 7) is 6.56. The molecule has 2 aliphatic heterocycles. The van der Waals surface area contributed by atoms with E-state index in [9.17, 15) is 4.79 Å². The second kappa shape index (κ2) is 8.63. The van der Waals surface area contributed by atoms with E-state index in [0.717, 1.165) is 38.3 Å². The van der Waals surface area contributed by atoms with Crippen LogP contribution in [0.3, 0.4) is 0 Å². The summed E-state index contributed by atoms with van der Waals surface area (Å²) in [5, 5.41) is 4.75. The van der Waals surface area contributed by atoms with Crippen molar-refractivity contribution in [3.63, 3.8) is 0 Å². The minimum atomic E-state index is 0.209. The van der Waals surface area contributed by atoms with Crippen molar-refractivity contribution in [2.24, 2.45) is 0 Å². The predicted octanol–water partition coefficient (Wildman–Crippen LogP) is 1.48. The highest BCUT2D eigenvalue weighted by atomic mass is 16.5. The summed E-state index contributed by atoms with van der Waals surface area (Å²) in [6.07, 6.45) is 6.02. The van der Waals surface area contributed by atoms with Crippen LogP contribution in [0.5, 0.6) is 0 Å². The molecule has 2 aromatic rings. The highest BCUT2D eigenvalue weighted by Gasteiger charge is 2.19. The number of carbonyl (C=O) groups is 1. The average molecular weight is 369 g/mol. The third-order valence-electron chi connectivity index (χ3n) is 5.26. The van der Waals surface area contributed by atoms with E-state index in [1.165, 1.54) is 11.3 Å². The Labute approximate surface area is 159 Å². The lowest BCUT2D eigenvalue weighted by atomic mass is 10.2. The SMILES string of the molecule is O=C(CCc1cc2n(n1)CCCN(Cc1ccncc1)C2)N1CCOCC1. The third kappa shape index (κ3) is 4.73. The fourth-order valence-electron chi connectivity index (χ4n) is 3.80. The molecule has 0 spiro atoms. The third-order valence-corrected chi connectivity index (χ3v) is 5.26. The van der Waals surface area contributed by atoms with Gasteiger partial charge in [0.05, 0.1) is 24.6 Å². The van der Waals surface area contributed by atoms with E-state index in [4.69, 9.17) is 9.84 Å². The van der Waals surface area contributed by atoms with Gasteiger partial charge >= 0.3 is 0 Å². The van der Waals surface area contributed by atoms with Crippen LogP contribution in [-0.4, -0.2) is 63.3 Å². The van der Waals surface area contributed by atoms with E-state index in [1.54, 1.807) is 0 Å². The Morgan fingerprint density at radius 3 is 2.74 bits per heavy atom. The fraction of sp³-hybridized carbons (Fsp3) is 0.550. The summed E-state index contributed by atoms with van der Waals surface area (Å²) in [6, 6.07) is 6.33. The summed E-state index contributed by atoms with van der Waals surface area (Å²) in [7, 11) is 0. The molecule has 4 heterocycles. The summed E-state index contributed by atoms with van der Waals surface area (Å²) in [4.78, 5) is 20.8. The molecule has 144 valence electrons. The summed E-state index contributed by atoms with van der Waals surface area (Å²) in [5.74, 6) is 0.209. The maximum absolute atomic E-state index is 12.3. The van der Waals surface area contributed by atoms with Crippen molar-refractivity contribution in [3.05, 3.63) is 47.5 Å². The largest absolute Gasteiger partial charge is 0.378 e. The van der Waals surface area contributed by atoms with E-state index in [0.29, 0.717) is 39.1 Å². The summed E-state index contributed by atoms with van der Waals surface area (Å²) >= 11 is 0. The summed E-state index contributed by atoms with van der Waals surface area (Å²) in [5.41, 5.74) is 3.56. The van der Waals surface area contributed by atoms with Crippen LogP contribution < -0.4 is 0 Å². The van der Waals surface area contributed by atoms with Crippen LogP contribution >= 0.6 is 0 Å². The normalized spacial score (nSPS) is 18.1. The molecule has 2 aromatic heterocycles. The highest BCUT2D eigenvalue weighted by molar-refractivity contribution is 5.76. The smallest absolute Gasteiger partial charge is 0.223 e. The molecule has 4 rings (SSSR count). The van der Waals surface area contributed by atoms with Crippen LogP contribution in [0.4, 0.5) is 0 Å². The molecule has 7 heteroatoms. The van der Waals surface area contributed by atoms with Gasteiger partial charge in [0.1, 0.15) is 0 Å². The lowest BCUT2D eigenvalue weighted by Gasteiger charge is -2.26. The quantitative estimate of drug-likeness (QED) is 0.799. The Hall–Kier alpha value is -2.25. The van der Waals surface area contributed by atoms with Crippen LogP contribution in [0.2, 0.25) is 0 Å². The van der Waals surface area contributed by atoms with Crippen LogP contribution in [0.15, 0.2) is 30.6 Å². The minimum absolute atomic E-state index is 0.209. The number of morpholine rings is 1. The molecule has 2 aliphatic rings. The van der Waals surface area contributed by atoms with Gasteiger partial charge < -0.3 is 9.64 Å². The van der Waals surface area contributed by atoms with Gasteiger partial charge in [-0.25, -0.2) is 0 Å². The van der Waals surface area contributed by atoms with Crippen LogP contribution in [0.1, 0.15) is 29.8 Å². The Balaban J connectivity index is 1.35. The highest BCUT2D eigenvalue weighted by Crippen LogP contribution is 2.17. The molecule has 1 fully saturated rings. The first kappa shape index (κ1) is 18.1. The number of ether oxygens (including phenoxy) is 1. The van der Waals surface area contributed by atoms with Gasteiger partial charge in [-0.3, -0.25) is 19.4 Å². The Bertz CT molecular complexity index is 755. The zero-order chi connectivity index (χ0) is 18.5. The van der Waals surface area contributed by atoms with E-state index in [1.807, 2.05) is 17.3 Å². The molecular formula is C20H27N5O2. The molecule has 7 nitrogen and oxygen atoms in total. The second-order valence-corrected chi connectivity index (χ2v) is 7.26. The van der Waals surface area contributed by atoms with E-state index in [-0.39, 0.29) is 5.91 Å². The number of hydrogen-bond acceptors (Lipinski definition) is 5. The average Bonchev–Trinajstić information content (AvgIpc) is 2.99. The molecule has 0 aliphatic carbocycles. The van der Waals surface area contributed by atoms with Crippen molar-refractivity contribution < 1.29 is 9.53 Å². The second-order valence-electron chi connectivity index (χ2n) is 7.26. The number of carbonyl (C=O) groups excluding carboxylic acids is 1. The molecule has 0 aromatic carbocycles. The lowest BCUT2D eigenvalue weighted by molar-refractivity contribution is -0.135. The number of hydrogen-bond donors (Lipinski definition) is 0. The van der Waals surface area contributed by atoms with Crippen molar-refractivity contribution in [2.75, 3.05) is 32.8 Å². The maximum Gasteiger partial charge on any atom is 0.223 e. The van der Waals surface area contributed by atoms with Gasteiger partial charge in [0.15, 0.2) is 0 Å². The predicted molar refractivity (Wildman–Crippen MR) is 101 cm³/mol. The molecule has 0 radical (unpaired) electrons. The number of amides is 1. The molecule has 1 amide bonds. The van der Waals surface area contributed by atoms with Crippen molar-refractivity contribution in [1.82, 2.24) is 24.6 Å². The van der Waals surface area contributed by atoms with Gasteiger partial charge in [-0.05, 0) is 30.2 Å². The van der Waals surface area contributed by atoms with Crippen molar-refractivity contribution in [3.8, 4) is 0 Å². The van der Waals surface area contributed by atoms with E-state index in [2.05, 4.69) is 32.8 Å². The number of aromatic nitrogens is 3. The van der Waals surface area contributed by atoms with Gasteiger partial charge in [-0.15, -0.1) is 0 Å². The molecule has 27 heavy (non-hydrogen) atoms. The van der Waals surface area contributed by atoms with Gasteiger partial charge in [0, 0.05) is 64.5 Å². The molecule has 0 atom stereocenters. The number of pyridine rings is 1. The number of fused-ring (bicyclic) bond motifs is 1. The van der Waals surface area contributed by atoms with E-state index < -0.39 is 0 Å². The van der Waals surface area contributed by atoms with Gasteiger partial charge in [-0.1, -0.05) is 0 Å². The Kier molecular flexibility index (Phi) is 5.79. The number of nitrogens with zero attached hydrogens (tertiary/aromatic N) is 5. The first-order valence-electron chi connectivity index (χ1n) is 9.80. The fourth-order valence-corrected chi connectivity index (χ4v) is 3.80. The Morgan fingerprint density at radius 1 is 1.11 bits per heavy atom. The van der Waals surface area contributed by atoms with Crippen LogP contribution in [0, 0.1) is 0 Å². The molecular weight excluding hydrogens is 342 g/mol. The lowest BCUT2D eigenvalue weighted by Crippen LogP contribution is -2.40. The number of aryl methyl sites for hydroxylation is 2. The monoisotopic (exact) mass is 369 g/mol. The first-order valence-corrected chi connectivity index (χ1v) is 9.80. The maximum atomic E-state index is 12.3. The van der Waals surface area contributed by atoms with Gasteiger partial charge in [0.2, 0.25) is 5.91 Å². The van der Waals surface area contributed by atoms with Crippen molar-refractivity contribution in [1.29, 1.82) is 0 Å². The molecule has 0 N–H and O–H groups in total. The molecule has 1 saturated heterocycles. The minimum Gasteiger partial charge on any atom is -0.378 e. The van der Waals surface area contributed by atoms with E-state index >= 15 is 0 Å². The topological polar surface area (TPSA) is 63.5 Å². The molecule has 0 unspecified atom stereocenters. The molecule has 0 bridgehead atoms. The zero-order valence-electron chi connectivity index (χ0n) is 15.7. The van der Waals surface area contributed by atoms with Crippen molar-refractivity contribution in [2.45, 2.75) is 38.9 Å². The number of rotatable bonds is 5. The standard InChI is InChI=1S/C20H27N5O2/c26-20(24-10-12-27-13-11-24)3-2-18-14-19-16-23(8-1-9-25(19)22-18)15-17-4-6-21-7-5-17/h4-7,14H,1-3,8-13,15-16H2. The summed E-state index contributed by atoms with van der Waals surface area (Å²) < 4.78 is 7.44. The van der Waals surface area contributed by atoms with Crippen molar-refractivity contribution >= 4 is 5.91 Å². The van der Waals surface area contributed by atoms with Gasteiger partial charge in [0.25, 0.3) is 0 Å². The van der Waals surface area contributed by atoms with Crippen LogP contribution in [-0.2, 0) is 35.6 Å².